The number of nitrogens with zero attached hydrogens (tertiary/aromatic N) is 1. The molecule has 22 heavy (non-hydrogen) atoms. The van der Waals surface area contributed by atoms with Crippen molar-refractivity contribution in [1.82, 2.24) is 5.32 Å². The van der Waals surface area contributed by atoms with Gasteiger partial charge in [0.1, 0.15) is 0 Å². The van der Waals surface area contributed by atoms with Gasteiger partial charge in [-0.2, -0.15) is 0 Å². The molecule has 0 aliphatic rings. The summed E-state index contributed by atoms with van der Waals surface area (Å²) in [5, 5.41) is 13.6. The maximum Gasteiger partial charge on any atom is 0.284 e. The quantitative estimate of drug-likeness (QED) is 0.483. The zero-order valence-electron chi connectivity index (χ0n) is 11.8. The van der Waals surface area contributed by atoms with Crippen LogP contribution in [0.2, 0.25) is 0 Å². The van der Waals surface area contributed by atoms with Gasteiger partial charge in [0.15, 0.2) is 0 Å². The summed E-state index contributed by atoms with van der Waals surface area (Å²) < 4.78 is 0.359. The zero-order chi connectivity index (χ0) is 15.9. The molecular formula is C16H15BrN2O3. The summed E-state index contributed by atoms with van der Waals surface area (Å²) in [6.07, 6.45) is 1.69. The molecule has 0 spiro atoms. The van der Waals surface area contributed by atoms with Crippen molar-refractivity contribution in [1.29, 1.82) is 0 Å². The van der Waals surface area contributed by atoms with E-state index in [1.165, 1.54) is 17.7 Å². The van der Waals surface area contributed by atoms with E-state index in [4.69, 9.17) is 0 Å². The lowest BCUT2D eigenvalue weighted by molar-refractivity contribution is -0.385. The van der Waals surface area contributed by atoms with Gasteiger partial charge in [-0.25, -0.2) is 0 Å². The Kier molecular flexibility index (Phi) is 5.66. The Hall–Kier alpha value is -2.21. The molecule has 0 saturated carbocycles. The fourth-order valence-corrected chi connectivity index (χ4v) is 2.43. The number of aryl methyl sites for hydroxylation is 1. The summed E-state index contributed by atoms with van der Waals surface area (Å²) in [5.74, 6) is -0.302. The van der Waals surface area contributed by atoms with Crippen molar-refractivity contribution in [3.63, 3.8) is 0 Å². The molecule has 0 radical (unpaired) electrons. The first-order valence-corrected chi connectivity index (χ1v) is 7.63. The molecule has 0 aliphatic carbocycles. The molecule has 2 rings (SSSR count). The average molecular weight is 363 g/mol. The number of hydrogen-bond acceptors (Lipinski definition) is 3. The second-order valence-electron chi connectivity index (χ2n) is 4.77. The number of nitro groups is 1. The Morgan fingerprint density at radius 2 is 1.91 bits per heavy atom. The van der Waals surface area contributed by atoms with Crippen LogP contribution in [0.1, 0.15) is 22.3 Å². The van der Waals surface area contributed by atoms with Crippen molar-refractivity contribution in [3.05, 3.63) is 74.2 Å². The highest BCUT2D eigenvalue weighted by Crippen LogP contribution is 2.25. The Balaban J connectivity index is 1.87. The molecule has 0 heterocycles. The van der Waals surface area contributed by atoms with Crippen molar-refractivity contribution < 1.29 is 9.72 Å². The van der Waals surface area contributed by atoms with Crippen LogP contribution in [0.4, 0.5) is 5.69 Å². The molecule has 1 amide bonds. The van der Waals surface area contributed by atoms with Crippen LogP contribution in [-0.4, -0.2) is 17.4 Å². The van der Waals surface area contributed by atoms with E-state index in [2.05, 4.69) is 21.2 Å². The number of amides is 1. The molecule has 1 N–H and O–H groups in total. The van der Waals surface area contributed by atoms with Crippen LogP contribution in [0, 0.1) is 10.1 Å². The van der Waals surface area contributed by atoms with Crippen LogP contribution >= 0.6 is 15.9 Å². The summed E-state index contributed by atoms with van der Waals surface area (Å²) in [4.78, 5) is 22.3. The third-order valence-electron chi connectivity index (χ3n) is 3.18. The van der Waals surface area contributed by atoms with Gasteiger partial charge < -0.3 is 5.32 Å². The van der Waals surface area contributed by atoms with Gasteiger partial charge >= 0.3 is 0 Å². The molecule has 2 aromatic carbocycles. The van der Waals surface area contributed by atoms with Gasteiger partial charge in [-0.3, -0.25) is 14.9 Å². The van der Waals surface area contributed by atoms with E-state index in [-0.39, 0.29) is 17.2 Å². The third kappa shape index (κ3) is 4.39. The van der Waals surface area contributed by atoms with Crippen LogP contribution in [0.15, 0.2) is 53.0 Å². The summed E-state index contributed by atoms with van der Waals surface area (Å²) in [5.41, 5.74) is 1.39. The van der Waals surface area contributed by atoms with Gasteiger partial charge in [0.05, 0.1) is 9.40 Å². The van der Waals surface area contributed by atoms with Crippen LogP contribution in [0.3, 0.4) is 0 Å². The van der Waals surface area contributed by atoms with Crippen LogP contribution in [0.5, 0.6) is 0 Å². The smallest absolute Gasteiger partial charge is 0.284 e. The zero-order valence-corrected chi connectivity index (χ0v) is 13.4. The Bertz CT molecular complexity index is 674. The molecule has 114 valence electrons. The highest BCUT2D eigenvalue weighted by atomic mass is 79.9. The van der Waals surface area contributed by atoms with Gasteiger partial charge in [-0.1, -0.05) is 30.3 Å². The number of nitrogens with one attached hydrogen (secondary N) is 1. The summed E-state index contributed by atoms with van der Waals surface area (Å²) in [7, 11) is 0. The summed E-state index contributed by atoms with van der Waals surface area (Å²) in [6.45, 7) is 0.525. The van der Waals surface area contributed by atoms with E-state index >= 15 is 0 Å². The average Bonchev–Trinajstić information content (AvgIpc) is 2.52. The SMILES string of the molecule is O=C(NCCCc1ccccc1)c1ccc(Br)c([N+](=O)[O-])c1. The molecule has 0 saturated heterocycles. The Morgan fingerprint density at radius 1 is 1.18 bits per heavy atom. The molecular weight excluding hydrogens is 348 g/mol. The molecule has 2 aromatic rings. The predicted octanol–water partition coefficient (Wildman–Crippen LogP) is 3.72. The second kappa shape index (κ2) is 7.70. The molecule has 0 bridgehead atoms. The topological polar surface area (TPSA) is 72.2 Å². The van der Waals surface area contributed by atoms with Crippen LogP contribution < -0.4 is 5.32 Å². The lowest BCUT2D eigenvalue weighted by Gasteiger charge is -2.06. The number of halogens is 1. The van der Waals surface area contributed by atoms with E-state index in [0.29, 0.717) is 11.0 Å². The van der Waals surface area contributed by atoms with Crippen LogP contribution in [0.25, 0.3) is 0 Å². The maximum absolute atomic E-state index is 12.0. The highest BCUT2D eigenvalue weighted by Gasteiger charge is 2.15. The highest BCUT2D eigenvalue weighted by molar-refractivity contribution is 9.10. The minimum absolute atomic E-state index is 0.114. The van der Waals surface area contributed by atoms with Crippen LogP contribution in [-0.2, 0) is 6.42 Å². The van der Waals surface area contributed by atoms with Gasteiger partial charge in [0.2, 0.25) is 0 Å². The Labute approximate surface area is 136 Å². The number of carbonyl (C=O) groups excluding carboxylic acids is 1. The number of nitro benzene ring substituents is 1. The van der Waals surface area contributed by atoms with Crippen molar-refractivity contribution in [2.75, 3.05) is 6.54 Å². The van der Waals surface area contributed by atoms with E-state index in [9.17, 15) is 14.9 Å². The number of rotatable bonds is 6. The molecule has 0 fully saturated rings. The second-order valence-corrected chi connectivity index (χ2v) is 5.62. The normalized spacial score (nSPS) is 10.2. The van der Waals surface area contributed by atoms with Gasteiger partial charge in [-0.05, 0) is 46.5 Å². The van der Waals surface area contributed by atoms with Crippen molar-refractivity contribution in [2.45, 2.75) is 12.8 Å². The molecule has 5 nitrogen and oxygen atoms in total. The standard InChI is InChI=1S/C16H15BrN2O3/c17-14-9-8-13(11-15(14)19(21)22)16(20)18-10-4-7-12-5-2-1-3-6-12/h1-3,5-6,8-9,11H,4,7,10H2,(H,18,20). The number of hydrogen-bond donors (Lipinski definition) is 1. The summed E-state index contributed by atoms with van der Waals surface area (Å²) in [6, 6.07) is 14.4. The molecule has 0 unspecified atom stereocenters. The van der Waals surface area contributed by atoms with E-state index in [1.807, 2.05) is 30.3 Å². The first kappa shape index (κ1) is 16.2. The largest absolute Gasteiger partial charge is 0.352 e. The van der Waals surface area contributed by atoms with Gasteiger partial charge in [0, 0.05) is 18.2 Å². The van der Waals surface area contributed by atoms with Crippen molar-refractivity contribution >= 4 is 27.5 Å². The fourth-order valence-electron chi connectivity index (χ4n) is 2.03. The minimum atomic E-state index is -0.518. The van der Waals surface area contributed by atoms with E-state index in [0.717, 1.165) is 12.8 Å². The molecule has 0 atom stereocenters. The predicted molar refractivity (Wildman–Crippen MR) is 87.9 cm³/mol. The minimum Gasteiger partial charge on any atom is -0.352 e. The lowest BCUT2D eigenvalue weighted by Crippen LogP contribution is -2.24. The molecule has 0 aromatic heterocycles. The third-order valence-corrected chi connectivity index (χ3v) is 3.85. The molecule has 0 aliphatic heterocycles. The number of carbonyl (C=O) groups is 1. The fraction of sp³-hybridized carbons (Fsp3) is 0.188. The summed E-state index contributed by atoms with van der Waals surface area (Å²) >= 11 is 3.10. The molecule has 6 heteroatoms. The van der Waals surface area contributed by atoms with Gasteiger partial charge in [-0.15, -0.1) is 0 Å². The van der Waals surface area contributed by atoms with E-state index < -0.39 is 4.92 Å². The maximum atomic E-state index is 12.0. The lowest BCUT2D eigenvalue weighted by atomic mass is 10.1. The van der Waals surface area contributed by atoms with Gasteiger partial charge in [0.25, 0.3) is 11.6 Å². The Morgan fingerprint density at radius 3 is 2.59 bits per heavy atom. The van der Waals surface area contributed by atoms with Crippen molar-refractivity contribution in [2.24, 2.45) is 0 Å². The van der Waals surface area contributed by atoms with E-state index in [1.54, 1.807) is 6.07 Å². The van der Waals surface area contributed by atoms with Crippen molar-refractivity contribution in [3.8, 4) is 0 Å². The first-order valence-electron chi connectivity index (χ1n) is 6.84. The monoisotopic (exact) mass is 362 g/mol. The first-order chi connectivity index (χ1) is 10.6. The number of benzene rings is 2.